The smallest absolute Gasteiger partial charge is 0.251 e. The number of hydrogen-bond donors (Lipinski definition) is 1. The van der Waals surface area contributed by atoms with Crippen molar-refractivity contribution in [3.05, 3.63) is 33.8 Å². The van der Waals surface area contributed by atoms with Gasteiger partial charge in [0, 0.05) is 16.1 Å². The minimum atomic E-state index is 0.0207. The van der Waals surface area contributed by atoms with E-state index in [0.29, 0.717) is 0 Å². The van der Waals surface area contributed by atoms with Crippen LogP contribution in [0.1, 0.15) is 61.9 Å². The average Bonchev–Trinajstić information content (AvgIpc) is 2.33. The number of carbonyl (C=O) groups excluding carboxylic acids is 1. The van der Waals surface area contributed by atoms with Crippen LogP contribution >= 0.6 is 15.9 Å². The number of aryl methyl sites for hydroxylation is 1. The first-order valence-corrected chi connectivity index (χ1v) is 7.90. The van der Waals surface area contributed by atoms with Gasteiger partial charge in [-0.1, -0.05) is 48.5 Å². The molecule has 2 nitrogen and oxygen atoms in total. The van der Waals surface area contributed by atoms with Crippen LogP contribution in [0.2, 0.25) is 0 Å². The maximum atomic E-state index is 12.1. The molecule has 1 aromatic rings. The molecule has 0 spiro atoms. The standard InChI is InChI=1S/C16H24BrNO/c1-4-5-6-7-8-13(3)18-16(19)14-9-12(2)10-15(17)11-14/h9-11,13H,4-8H2,1-3H3,(H,18,19). The van der Waals surface area contributed by atoms with E-state index in [-0.39, 0.29) is 11.9 Å². The fraction of sp³-hybridized carbons (Fsp3) is 0.562. The summed E-state index contributed by atoms with van der Waals surface area (Å²) in [6.45, 7) is 6.28. The molecule has 3 heteroatoms. The zero-order chi connectivity index (χ0) is 14.3. The first-order chi connectivity index (χ1) is 9.02. The molecule has 106 valence electrons. The predicted molar refractivity (Wildman–Crippen MR) is 84.6 cm³/mol. The molecule has 1 aromatic carbocycles. The van der Waals surface area contributed by atoms with Crippen molar-refractivity contribution in [3.8, 4) is 0 Å². The molecular weight excluding hydrogens is 302 g/mol. The van der Waals surface area contributed by atoms with E-state index in [1.54, 1.807) is 0 Å². The van der Waals surface area contributed by atoms with E-state index >= 15 is 0 Å². The molecule has 1 unspecified atom stereocenters. The Labute approximate surface area is 125 Å². The number of benzene rings is 1. The maximum Gasteiger partial charge on any atom is 0.251 e. The van der Waals surface area contributed by atoms with Gasteiger partial charge in [-0.3, -0.25) is 4.79 Å². The number of hydrogen-bond acceptors (Lipinski definition) is 1. The van der Waals surface area contributed by atoms with E-state index < -0.39 is 0 Å². The van der Waals surface area contributed by atoms with E-state index in [9.17, 15) is 4.79 Å². The summed E-state index contributed by atoms with van der Waals surface area (Å²) in [5.74, 6) is 0.0207. The lowest BCUT2D eigenvalue weighted by molar-refractivity contribution is 0.0937. The van der Waals surface area contributed by atoms with Crippen molar-refractivity contribution < 1.29 is 4.79 Å². The van der Waals surface area contributed by atoms with Gasteiger partial charge in [0.1, 0.15) is 0 Å². The van der Waals surface area contributed by atoms with Crippen LogP contribution in [0.15, 0.2) is 22.7 Å². The van der Waals surface area contributed by atoms with Gasteiger partial charge in [-0.15, -0.1) is 0 Å². The third kappa shape index (κ3) is 6.24. The second kappa shape index (κ2) is 8.36. The molecule has 1 atom stereocenters. The van der Waals surface area contributed by atoms with Gasteiger partial charge in [0.15, 0.2) is 0 Å². The summed E-state index contributed by atoms with van der Waals surface area (Å²) >= 11 is 3.43. The Bertz CT molecular complexity index is 397. The Morgan fingerprint density at radius 1 is 1.26 bits per heavy atom. The van der Waals surface area contributed by atoms with Gasteiger partial charge < -0.3 is 5.32 Å². The second-order valence-corrected chi connectivity index (χ2v) is 6.16. The van der Waals surface area contributed by atoms with Crippen molar-refractivity contribution in [1.29, 1.82) is 0 Å². The molecule has 19 heavy (non-hydrogen) atoms. The van der Waals surface area contributed by atoms with Crippen LogP contribution < -0.4 is 5.32 Å². The summed E-state index contributed by atoms with van der Waals surface area (Å²) in [5.41, 5.74) is 1.82. The Kier molecular flexibility index (Phi) is 7.14. The van der Waals surface area contributed by atoms with Crippen molar-refractivity contribution in [1.82, 2.24) is 5.32 Å². The third-order valence-corrected chi connectivity index (χ3v) is 3.63. The van der Waals surface area contributed by atoms with Crippen LogP contribution in [0, 0.1) is 6.92 Å². The Balaban J connectivity index is 2.45. The lowest BCUT2D eigenvalue weighted by Gasteiger charge is -2.14. The summed E-state index contributed by atoms with van der Waals surface area (Å²) in [6, 6.07) is 6.03. The molecule has 0 saturated carbocycles. The SMILES string of the molecule is CCCCCCC(C)NC(=O)c1cc(C)cc(Br)c1. The number of rotatable bonds is 7. The molecule has 0 heterocycles. The summed E-state index contributed by atoms with van der Waals surface area (Å²) in [5, 5.41) is 3.07. The molecule has 1 rings (SSSR count). The highest BCUT2D eigenvalue weighted by Gasteiger charge is 2.10. The molecule has 0 aliphatic heterocycles. The maximum absolute atomic E-state index is 12.1. The van der Waals surface area contributed by atoms with Gasteiger partial charge >= 0.3 is 0 Å². The quantitative estimate of drug-likeness (QED) is 0.713. The monoisotopic (exact) mass is 325 g/mol. The van der Waals surface area contributed by atoms with Crippen LogP contribution in [-0.2, 0) is 0 Å². The Morgan fingerprint density at radius 3 is 2.63 bits per heavy atom. The Morgan fingerprint density at radius 2 is 2.00 bits per heavy atom. The minimum absolute atomic E-state index is 0.0207. The first-order valence-electron chi connectivity index (χ1n) is 7.11. The van der Waals surface area contributed by atoms with Crippen LogP contribution in [-0.4, -0.2) is 11.9 Å². The van der Waals surface area contributed by atoms with Gasteiger partial charge in [-0.2, -0.15) is 0 Å². The molecule has 0 aromatic heterocycles. The van der Waals surface area contributed by atoms with Crippen molar-refractivity contribution in [2.45, 2.75) is 58.9 Å². The average molecular weight is 326 g/mol. The van der Waals surface area contributed by atoms with Gasteiger partial charge in [-0.25, -0.2) is 0 Å². The molecule has 0 bridgehead atoms. The van der Waals surface area contributed by atoms with Crippen LogP contribution in [0.25, 0.3) is 0 Å². The zero-order valence-corrected chi connectivity index (χ0v) is 13.7. The van der Waals surface area contributed by atoms with Crippen LogP contribution in [0.5, 0.6) is 0 Å². The molecule has 1 N–H and O–H groups in total. The summed E-state index contributed by atoms with van der Waals surface area (Å²) in [7, 11) is 0. The molecule has 0 saturated heterocycles. The van der Waals surface area contributed by atoms with Gasteiger partial charge in [-0.05, 0) is 44.0 Å². The van der Waals surface area contributed by atoms with Crippen molar-refractivity contribution in [3.63, 3.8) is 0 Å². The predicted octanol–water partition coefficient (Wildman–Crippen LogP) is 4.85. The second-order valence-electron chi connectivity index (χ2n) is 5.24. The molecule has 0 aliphatic carbocycles. The Hall–Kier alpha value is -0.830. The highest BCUT2D eigenvalue weighted by Crippen LogP contribution is 2.15. The van der Waals surface area contributed by atoms with Crippen LogP contribution in [0.3, 0.4) is 0 Å². The van der Waals surface area contributed by atoms with Crippen LogP contribution in [0.4, 0.5) is 0 Å². The van der Waals surface area contributed by atoms with Gasteiger partial charge in [0.25, 0.3) is 5.91 Å². The fourth-order valence-electron chi connectivity index (χ4n) is 2.12. The summed E-state index contributed by atoms with van der Waals surface area (Å²) in [4.78, 5) is 12.1. The largest absolute Gasteiger partial charge is 0.350 e. The van der Waals surface area contributed by atoms with Gasteiger partial charge in [0.2, 0.25) is 0 Å². The highest BCUT2D eigenvalue weighted by molar-refractivity contribution is 9.10. The van der Waals surface area contributed by atoms with E-state index in [2.05, 4.69) is 35.1 Å². The summed E-state index contributed by atoms with van der Waals surface area (Å²) < 4.78 is 0.952. The number of carbonyl (C=O) groups is 1. The number of halogens is 1. The molecular formula is C16H24BrNO. The molecule has 0 radical (unpaired) electrons. The molecule has 0 fully saturated rings. The number of unbranched alkanes of at least 4 members (excludes halogenated alkanes) is 3. The van der Waals surface area contributed by atoms with Crippen molar-refractivity contribution in [2.75, 3.05) is 0 Å². The zero-order valence-electron chi connectivity index (χ0n) is 12.1. The van der Waals surface area contributed by atoms with E-state index in [4.69, 9.17) is 0 Å². The van der Waals surface area contributed by atoms with Crippen molar-refractivity contribution in [2.24, 2.45) is 0 Å². The van der Waals surface area contributed by atoms with E-state index in [0.717, 1.165) is 22.0 Å². The minimum Gasteiger partial charge on any atom is -0.350 e. The highest BCUT2D eigenvalue weighted by atomic mass is 79.9. The van der Waals surface area contributed by atoms with Crippen molar-refractivity contribution >= 4 is 21.8 Å². The normalized spacial score (nSPS) is 12.2. The molecule has 0 aliphatic rings. The van der Waals surface area contributed by atoms with Gasteiger partial charge in [0.05, 0.1) is 0 Å². The lowest BCUT2D eigenvalue weighted by atomic mass is 10.1. The topological polar surface area (TPSA) is 29.1 Å². The number of amides is 1. The fourth-order valence-corrected chi connectivity index (χ4v) is 2.73. The third-order valence-electron chi connectivity index (χ3n) is 3.17. The van der Waals surface area contributed by atoms with E-state index in [1.807, 2.05) is 25.1 Å². The summed E-state index contributed by atoms with van der Waals surface area (Å²) in [6.07, 6.45) is 6.03. The first kappa shape index (κ1) is 16.2. The van der Waals surface area contributed by atoms with E-state index in [1.165, 1.54) is 25.7 Å². The molecule has 1 amide bonds. The lowest BCUT2D eigenvalue weighted by Crippen LogP contribution is -2.32. The number of nitrogens with one attached hydrogen (secondary N) is 1.